The molecule has 60 heavy (non-hydrogen) atoms. The van der Waals surface area contributed by atoms with E-state index < -0.39 is 5.79 Å². The molecule has 1 aromatic carbocycles. The van der Waals surface area contributed by atoms with Crippen molar-refractivity contribution in [2.75, 3.05) is 13.1 Å². The van der Waals surface area contributed by atoms with Crippen LogP contribution in [-0.4, -0.2) is 42.1 Å². The van der Waals surface area contributed by atoms with Gasteiger partial charge in [0.25, 0.3) is 0 Å². The Morgan fingerprint density at radius 2 is 1.07 bits per heavy atom. The van der Waals surface area contributed by atoms with E-state index in [9.17, 15) is 4.79 Å². The van der Waals surface area contributed by atoms with Crippen LogP contribution >= 0.6 is 0 Å². The highest BCUT2D eigenvalue weighted by molar-refractivity contribution is 5.67. The second kappa shape index (κ2) is 31.2. The second-order valence-corrected chi connectivity index (χ2v) is 18.7. The molecule has 0 unspecified atom stereocenters. The summed E-state index contributed by atoms with van der Waals surface area (Å²) in [5.74, 6) is -0.471. The van der Waals surface area contributed by atoms with Crippen LogP contribution < -0.4 is 0 Å². The smallest absolute Gasteiger partial charge is 0.410 e. The van der Waals surface area contributed by atoms with Gasteiger partial charge in [0.1, 0.15) is 12.7 Å². The number of ether oxygens (including phenoxy) is 3. The highest BCUT2D eigenvalue weighted by atomic mass is 16.8. The van der Waals surface area contributed by atoms with Crippen molar-refractivity contribution in [3.8, 4) is 0 Å². The monoisotopic (exact) mass is 828 g/mol. The Morgan fingerprint density at radius 3 is 1.58 bits per heavy atom. The Labute approximate surface area is 369 Å². The zero-order chi connectivity index (χ0) is 42.2. The van der Waals surface area contributed by atoms with Gasteiger partial charge in [-0.3, -0.25) is 0 Å². The number of carbonyl (C=O) groups excluding carboxylic acids is 1. The summed E-state index contributed by atoms with van der Waals surface area (Å²) < 4.78 is 19.3. The van der Waals surface area contributed by atoms with E-state index in [2.05, 4.69) is 62.5 Å². The summed E-state index contributed by atoms with van der Waals surface area (Å²) in [6, 6.07) is 9.93. The molecule has 5 heteroatoms. The standard InChI is InChI=1S/C55H89NO4/c1-3-5-7-9-11-13-15-17-19-21-23-25-27-29-31-36-41-54(42-37-32-30-28-26-24-22-20-18-16-14-12-10-8-6-4-2)43-45-55(46-44-54)59-51-40-47-56(48-52(51)60-55)53(57)58-49-50-38-34-33-35-39-50/h11-14,17-20,33-35,38-39,51-52H,3-10,15-16,21-32,36-37,40-49H2,1-2H3/b13-11-,14-12-,19-17-,20-18-/t51-,52+/m1/s1. The number of piperidine rings is 1. The van der Waals surface area contributed by atoms with E-state index in [1.165, 1.54) is 167 Å². The van der Waals surface area contributed by atoms with Gasteiger partial charge in [0.05, 0.1) is 12.6 Å². The van der Waals surface area contributed by atoms with Crippen molar-refractivity contribution in [1.82, 2.24) is 4.90 Å². The van der Waals surface area contributed by atoms with E-state index in [4.69, 9.17) is 14.2 Å². The first-order valence-corrected chi connectivity index (χ1v) is 25.5. The summed E-state index contributed by atoms with van der Waals surface area (Å²) in [6.45, 7) is 6.07. The number of hydrogen-bond acceptors (Lipinski definition) is 4. The number of nitrogens with zero attached hydrogens (tertiary/aromatic N) is 1. The third-order valence-electron chi connectivity index (χ3n) is 13.6. The predicted molar refractivity (Wildman–Crippen MR) is 254 cm³/mol. The first-order chi connectivity index (χ1) is 29.6. The molecule has 0 N–H and O–H groups in total. The molecule has 2 atom stereocenters. The van der Waals surface area contributed by atoms with Gasteiger partial charge in [-0.15, -0.1) is 0 Å². The van der Waals surface area contributed by atoms with Gasteiger partial charge < -0.3 is 19.1 Å². The van der Waals surface area contributed by atoms with Crippen LogP contribution in [0.3, 0.4) is 0 Å². The van der Waals surface area contributed by atoms with E-state index in [0.717, 1.165) is 37.7 Å². The van der Waals surface area contributed by atoms with Crippen molar-refractivity contribution < 1.29 is 19.0 Å². The average Bonchev–Trinajstić information content (AvgIpc) is 3.64. The summed E-state index contributed by atoms with van der Waals surface area (Å²) in [6.07, 6.45) is 57.9. The number of allylic oxidation sites excluding steroid dienone is 8. The second-order valence-electron chi connectivity index (χ2n) is 18.7. The SMILES string of the molecule is CCCCC/C=C\C/C=C\CCCCCCCCC1(CCCCCCCC/C=C\C/C=C\CCCCC)CCC2(CC1)O[C@H]1CN(C(=O)OCc3ccccc3)CC[C@H]1O2. The maximum atomic E-state index is 13.0. The molecule has 338 valence electrons. The number of hydrogen-bond donors (Lipinski definition) is 0. The van der Waals surface area contributed by atoms with Crippen LogP contribution in [0.2, 0.25) is 0 Å². The molecule has 4 rings (SSSR count). The largest absolute Gasteiger partial charge is 0.445 e. The van der Waals surface area contributed by atoms with Crippen LogP contribution in [0.15, 0.2) is 78.9 Å². The molecule has 0 radical (unpaired) electrons. The van der Waals surface area contributed by atoms with Gasteiger partial charge in [-0.05, 0) is 107 Å². The minimum atomic E-state index is -0.471. The summed E-state index contributed by atoms with van der Waals surface area (Å²) in [4.78, 5) is 14.8. The number of benzene rings is 1. The Balaban J connectivity index is 1.14. The van der Waals surface area contributed by atoms with Crippen LogP contribution in [0.5, 0.6) is 0 Å². The molecular weight excluding hydrogens is 739 g/mol. The van der Waals surface area contributed by atoms with Crippen molar-refractivity contribution in [1.29, 1.82) is 0 Å². The Morgan fingerprint density at radius 1 is 0.600 bits per heavy atom. The Kier molecular flexibility index (Phi) is 26.0. The van der Waals surface area contributed by atoms with Gasteiger partial charge in [-0.25, -0.2) is 4.79 Å². The van der Waals surface area contributed by atoms with Crippen LogP contribution in [-0.2, 0) is 20.8 Å². The zero-order valence-electron chi connectivity index (χ0n) is 38.8. The molecule has 2 saturated heterocycles. The molecule has 1 aliphatic carbocycles. The molecular formula is C55H89NO4. The summed E-state index contributed by atoms with van der Waals surface area (Å²) in [7, 11) is 0. The minimum absolute atomic E-state index is 0.0594. The number of amides is 1. The van der Waals surface area contributed by atoms with E-state index in [-0.39, 0.29) is 18.3 Å². The van der Waals surface area contributed by atoms with Crippen molar-refractivity contribution in [2.24, 2.45) is 5.41 Å². The molecule has 2 heterocycles. The lowest BCUT2D eigenvalue weighted by Gasteiger charge is -2.44. The quantitative estimate of drug-likeness (QED) is 0.0536. The zero-order valence-corrected chi connectivity index (χ0v) is 38.8. The lowest BCUT2D eigenvalue weighted by Crippen LogP contribution is -2.48. The Bertz CT molecular complexity index is 1290. The third kappa shape index (κ3) is 20.5. The van der Waals surface area contributed by atoms with Crippen molar-refractivity contribution in [3.63, 3.8) is 0 Å². The van der Waals surface area contributed by atoms with Gasteiger partial charge in [0, 0.05) is 19.4 Å². The van der Waals surface area contributed by atoms with E-state index in [1.807, 2.05) is 35.2 Å². The van der Waals surface area contributed by atoms with E-state index >= 15 is 0 Å². The van der Waals surface area contributed by atoms with Gasteiger partial charge >= 0.3 is 6.09 Å². The third-order valence-corrected chi connectivity index (χ3v) is 13.6. The fourth-order valence-corrected chi connectivity index (χ4v) is 9.70. The normalized spacial score (nSPS) is 20.1. The predicted octanol–water partition coefficient (Wildman–Crippen LogP) is 16.5. The summed E-state index contributed by atoms with van der Waals surface area (Å²) in [5.41, 5.74) is 1.43. The average molecular weight is 828 g/mol. The highest BCUT2D eigenvalue weighted by Gasteiger charge is 2.53. The van der Waals surface area contributed by atoms with Crippen molar-refractivity contribution >= 4 is 6.09 Å². The number of fused-ring (bicyclic) bond motifs is 1. The first kappa shape index (κ1) is 50.0. The first-order valence-electron chi connectivity index (χ1n) is 25.5. The lowest BCUT2D eigenvalue weighted by molar-refractivity contribution is -0.208. The molecule has 0 bridgehead atoms. The van der Waals surface area contributed by atoms with Crippen LogP contribution in [0, 0.1) is 5.41 Å². The fourth-order valence-electron chi connectivity index (χ4n) is 9.70. The van der Waals surface area contributed by atoms with Crippen LogP contribution in [0.1, 0.15) is 218 Å². The molecule has 0 aromatic heterocycles. The topological polar surface area (TPSA) is 48.0 Å². The molecule has 1 aromatic rings. The molecule has 2 aliphatic heterocycles. The molecule has 3 fully saturated rings. The maximum absolute atomic E-state index is 13.0. The van der Waals surface area contributed by atoms with Crippen molar-refractivity contribution in [2.45, 2.75) is 237 Å². The maximum Gasteiger partial charge on any atom is 0.410 e. The van der Waals surface area contributed by atoms with Crippen LogP contribution in [0.25, 0.3) is 0 Å². The van der Waals surface area contributed by atoms with Gasteiger partial charge in [-0.1, -0.05) is 183 Å². The van der Waals surface area contributed by atoms with Gasteiger partial charge in [0.2, 0.25) is 0 Å². The molecule has 1 saturated carbocycles. The van der Waals surface area contributed by atoms with Crippen molar-refractivity contribution in [3.05, 3.63) is 84.5 Å². The number of rotatable bonds is 32. The summed E-state index contributed by atoms with van der Waals surface area (Å²) in [5, 5.41) is 0. The molecule has 1 spiro atoms. The van der Waals surface area contributed by atoms with Gasteiger partial charge in [-0.2, -0.15) is 0 Å². The molecule has 1 amide bonds. The number of likely N-dealkylation sites (tertiary alicyclic amines) is 1. The molecule has 5 nitrogen and oxygen atoms in total. The number of carbonyl (C=O) groups is 1. The number of unbranched alkanes of at least 4 members (excludes halogenated alkanes) is 18. The highest BCUT2D eigenvalue weighted by Crippen LogP contribution is 2.52. The fraction of sp³-hybridized carbons (Fsp3) is 0.727. The summed E-state index contributed by atoms with van der Waals surface area (Å²) >= 11 is 0. The Hall–Kier alpha value is -2.63. The van der Waals surface area contributed by atoms with E-state index in [1.54, 1.807) is 0 Å². The van der Waals surface area contributed by atoms with Crippen LogP contribution in [0.4, 0.5) is 4.79 Å². The van der Waals surface area contributed by atoms with E-state index in [0.29, 0.717) is 25.1 Å². The van der Waals surface area contributed by atoms with Gasteiger partial charge in [0.15, 0.2) is 5.79 Å². The minimum Gasteiger partial charge on any atom is -0.445 e. The lowest BCUT2D eigenvalue weighted by atomic mass is 9.66. The molecule has 3 aliphatic rings.